The van der Waals surface area contributed by atoms with Crippen LogP contribution in [0.2, 0.25) is 0 Å². The highest BCUT2D eigenvalue weighted by Gasteiger charge is 2.23. The third-order valence-electron chi connectivity index (χ3n) is 4.05. The lowest BCUT2D eigenvalue weighted by Crippen LogP contribution is -2.31. The monoisotopic (exact) mass is 358 g/mol. The van der Waals surface area contributed by atoms with Gasteiger partial charge >= 0.3 is 0 Å². The van der Waals surface area contributed by atoms with Crippen LogP contribution >= 0.6 is 15.9 Å². The molecule has 1 fully saturated rings. The minimum atomic E-state index is -0.000499. The predicted molar refractivity (Wildman–Crippen MR) is 93.2 cm³/mol. The van der Waals surface area contributed by atoms with Crippen LogP contribution in [0.1, 0.15) is 16.8 Å². The molecule has 2 aromatic carbocycles. The first-order chi connectivity index (χ1) is 10.7. The molecule has 114 valence electrons. The fourth-order valence-electron chi connectivity index (χ4n) is 2.84. The van der Waals surface area contributed by atoms with E-state index < -0.39 is 0 Å². The molecule has 22 heavy (non-hydrogen) atoms. The van der Waals surface area contributed by atoms with Crippen molar-refractivity contribution < 1.29 is 4.79 Å². The van der Waals surface area contributed by atoms with Gasteiger partial charge in [-0.25, -0.2) is 0 Å². The van der Waals surface area contributed by atoms with Crippen molar-refractivity contribution in [3.05, 3.63) is 64.6 Å². The van der Waals surface area contributed by atoms with Crippen LogP contribution in [0.15, 0.2) is 59.1 Å². The molecular weight excluding hydrogens is 340 g/mol. The molecule has 3 nitrogen and oxygen atoms in total. The fourth-order valence-corrected chi connectivity index (χ4v) is 3.24. The summed E-state index contributed by atoms with van der Waals surface area (Å²) in [4.78, 5) is 14.5. The second-order valence-corrected chi connectivity index (χ2v) is 6.57. The maximum atomic E-state index is 12.2. The molecule has 1 atom stereocenters. The molecule has 2 aromatic rings. The van der Waals surface area contributed by atoms with Gasteiger partial charge in [0.05, 0.1) is 0 Å². The van der Waals surface area contributed by atoms with Crippen LogP contribution in [0.5, 0.6) is 0 Å². The van der Waals surface area contributed by atoms with Gasteiger partial charge in [-0.05, 0) is 42.7 Å². The van der Waals surface area contributed by atoms with Crippen LogP contribution in [0.3, 0.4) is 0 Å². The zero-order valence-electron chi connectivity index (χ0n) is 12.3. The van der Waals surface area contributed by atoms with Crippen LogP contribution in [-0.2, 0) is 0 Å². The molecule has 4 heteroatoms. The lowest BCUT2D eigenvalue weighted by molar-refractivity contribution is 0.0948. The molecule has 1 heterocycles. The largest absolute Gasteiger partial charge is 0.371 e. The molecule has 0 aromatic heterocycles. The Balaban J connectivity index is 1.52. The van der Waals surface area contributed by atoms with Crippen molar-refractivity contribution in [3.8, 4) is 0 Å². The van der Waals surface area contributed by atoms with Crippen molar-refractivity contribution in [2.75, 3.05) is 24.5 Å². The van der Waals surface area contributed by atoms with E-state index in [1.54, 1.807) is 0 Å². The van der Waals surface area contributed by atoms with Gasteiger partial charge in [-0.1, -0.05) is 40.2 Å². The lowest BCUT2D eigenvalue weighted by Gasteiger charge is -2.18. The van der Waals surface area contributed by atoms with Gasteiger partial charge in [-0.2, -0.15) is 0 Å². The van der Waals surface area contributed by atoms with Crippen LogP contribution in [-0.4, -0.2) is 25.5 Å². The van der Waals surface area contributed by atoms with E-state index in [2.05, 4.69) is 50.4 Å². The number of anilines is 1. The van der Waals surface area contributed by atoms with E-state index in [0.717, 1.165) is 30.5 Å². The average Bonchev–Trinajstić information content (AvgIpc) is 3.02. The Morgan fingerprint density at radius 1 is 1.18 bits per heavy atom. The van der Waals surface area contributed by atoms with Crippen molar-refractivity contribution in [1.29, 1.82) is 0 Å². The molecule has 0 unspecified atom stereocenters. The minimum absolute atomic E-state index is 0.000499. The first-order valence-corrected chi connectivity index (χ1v) is 8.35. The summed E-state index contributed by atoms with van der Waals surface area (Å²) < 4.78 is 0.927. The van der Waals surface area contributed by atoms with Crippen molar-refractivity contribution in [1.82, 2.24) is 5.32 Å². The molecule has 0 radical (unpaired) electrons. The zero-order chi connectivity index (χ0) is 15.4. The average molecular weight is 359 g/mol. The van der Waals surface area contributed by atoms with Crippen molar-refractivity contribution >= 4 is 27.5 Å². The van der Waals surface area contributed by atoms with Crippen LogP contribution in [0, 0.1) is 5.92 Å². The lowest BCUT2D eigenvalue weighted by atomic mass is 10.1. The smallest absolute Gasteiger partial charge is 0.251 e. The number of halogens is 1. The van der Waals surface area contributed by atoms with E-state index in [1.807, 2.05) is 30.3 Å². The molecule has 0 spiro atoms. The van der Waals surface area contributed by atoms with Crippen molar-refractivity contribution in [2.24, 2.45) is 5.92 Å². The highest BCUT2D eigenvalue weighted by Crippen LogP contribution is 2.23. The summed E-state index contributed by atoms with van der Waals surface area (Å²) in [6.07, 6.45) is 1.12. The minimum Gasteiger partial charge on any atom is -0.371 e. The summed E-state index contributed by atoms with van der Waals surface area (Å²) in [5.74, 6) is 0.510. The van der Waals surface area contributed by atoms with Gasteiger partial charge in [-0.3, -0.25) is 4.79 Å². The van der Waals surface area contributed by atoms with Gasteiger partial charge in [0.25, 0.3) is 5.91 Å². The van der Waals surface area contributed by atoms with E-state index in [4.69, 9.17) is 0 Å². The zero-order valence-corrected chi connectivity index (χ0v) is 13.9. The van der Waals surface area contributed by atoms with Crippen molar-refractivity contribution in [3.63, 3.8) is 0 Å². The molecule has 1 aliphatic heterocycles. The molecule has 0 bridgehead atoms. The standard InChI is InChI=1S/C18H19BrN2O/c19-16-6-4-5-15(11-16)18(22)20-12-14-9-10-21(13-14)17-7-2-1-3-8-17/h1-8,11,14H,9-10,12-13H2,(H,20,22)/t14-/m0/s1. The molecule has 1 N–H and O–H groups in total. The molecule has 1 aliphatic rings. The first-order valence-electron chi connectivity index (χ1n) is 7.56. The quantitative estimate of drug-likeness (QED) is 0.903. The first kappa shape index (κ1) is 15.1. The van der Waals surface area contributed by atoms with Crippen LogP contribution in [0.25, 0.3) is 0 Å². The second kappa shape index (κ2) is 6.97. The third kappa shape index (κ3) is 3.69. The highest BCUT2D eigenvalue weighted by atomic mass is 79.9. The molecule has 1 saturated heterocycles. The number of rotatable bonds is 4. The number of para-hydroxylation sites is 1. The number of carbonyl (C=O) groups excluding carboxylic acids is 1. The molecule has 0 aliphatic carbocycles. The van der Waals surface area contributed by atoms with Crippen LogP contribution in [0.4, 0.5) is 5.69 Å². The SMILES string of the molecule is O=C(NC[C@@H]1CCN(c2ccccc2)C1)c1cccc(Br)c1. The Bertz CT molecular complexity index is 645. The maximum Gasteiger partial charge on any atom is 0.251 e. The summed E-state index contributed by atoms with van der Waals surface area (Å²) >= 11 is 3.39. The number of hydrogen-bond donors (Lipinski definition) is 1. The molecule has 3 rings (SSSR count). The van der Waals surface area contributed by atoms with Gasteiger partial charge < -0.3 is 10.2 Å². The number of amides is 1. The van der Waals surface area contributed by atoms with E-state index in [-0.39, 0.29) is 5.91 Å². The van der Waals surface area contributed by atoms with E-state index in [1.165, 1.54) is 5.69 Å². The third-order valence-corrected chi connectivity index (χ3v) is 4.54. The van der Waals surface area contributed by atoms with Gasteiger partial charge in [0.2, 0.25) is 0 Å². The predicted octanol–water partition coefficient (Wildman–Crippen LogP) is 3.71. The summed E-state index contributed by atoms with van der Waals surface area (Å²) in [5.41, 5.74) is 1.97. The molecular formula is C18H19BrN2O. The maximum absolute atomic E-state index is 12.2. The Kier molecular flexibility index (Phi) is 4.78. The number of nitrogens with zero attached hydrogens (tertiary/aromatic N) is 1. The molecule has 0 saturated carbocycles. The van der Waals surface area contributed by atoms with Gasteiger partial charge in [0.1, 0.15) is 0 Å². The molecule has 1 amide bonds. The Morgan fingerprint density at radius 2 is 2.00 bits per heavy atom. The summed E-state index contributed by atoms with van der Waals surface area (Å²) in [7, 11) is 0. The Labute approximate surface area is 139 Å². The van der Waals surface area contributed by atoms with Gasteiger partial charge in [-0.15, -0.1) is 0 Å². The van der Waals surface area contributed by atoms with Gasteiger partial charge in [0.15, 0.2) is 0 Å². The fraction of sp³-hybridized carbons (Fsp3) is 0.278. The topological polar surface area (TPSA) is 32.3 Å². The highest BCUT2D eigenvalue weighted by molar-refractivity contribution is 9.10. The normalized spacial score (nSPS) is 17.5. The Morgan fingerprint density at radius 3 is 2.77 bits per heavy atom. The van der Waals surface area contributed by atoms with E-state index in [0.29, 0.717) is 11.5 Å². The summed E-state index contributed by atoms with van der Waals surface area (Å²) in [5, 5.41) is 3.05. The summed E-state index contributed by atoms with van der Waals surface area (Å²) in [6.45, 7) is 2.79. The number of nitrogens with one attached hydrogen (secondary N) is 1. The van der Waals surface area contributed by atoms with E-state index in [9.17, 15) is 4.79 Å². The second-order valence-electron chi connectivity index (χ2n) is 5.66. The summed E-state index contributed by atoms with van der Waals surface area (Å²) in [6, 6.07) is 17.9. The number of hydrogen-bond acceptors (Lipinski definition) is 2. The van der Waals surface area contributed by atoms with E-state index >= 15 is 0 Å². The number of carbonyl (C=O) groups is 1. The van der Waals surface area contributed by atoms with Crippen LogP contribution < -0.4 is 10.2 Å². The number of benzene rings is 2. The van der Waals surface area contributed by atoms with Gasteiger partial charge in [0, 0.05) is 35.4 Å². The van der Waals surface area contributed by atoms with Crippen molar-refractivity contribution in [2.45, 2.75) is 6.42 Å². The Hall–Kier alpha value is -1.81.